The number of aromatic amines is 2. The van der Waals surface area contributed by atoms with Crippen LogP contribution in [0.25, 0.3) is 73.0 Å². The highest BCUT2D eigenvalue weighted by molar-refractivity contribution is 6.31. The lowest BCUT2D eigenvalue weighted by molar-refractivity contribution is 0.103. The molecule has 4 heterocycles. The third-order valence-corrected chi connectivity index (χ3v) is 10.8. The number of allylic oxidation sites excluding steroid dienone is 2. The van der Waals surface area contributed by atoms with Gasteiger partial charge in [-0.15, -0.1) is 0 Å². The normalized spacial score (nSPS) is 11.6. The number of aromatic nitrogens is 5. The highest BCUT2D eigenvalue weighted by Gasteiger charge is 2.21. The van der Waals surface area contributed by atoms with Crippen molar-refractivity contribution in [2.45, 2.75) is 6.92 Å². The van der Waals surface area contributed by atoms with Crippen molar-refractivity contribution in [1.82, 2.24) is 24.7 Å². The van der Waals surface area contributed by atoms with E-state index >= 15 is 0 Å². The Morgan fingerprint density at radius 2 is 1.15 bits per heavy atom. The van der Waals surface area contributed by atoms with Gasteiger partial charge in [-0.1, -0.05) is 96.5 Å². The minimum absolute atomic E-state index is 0.0227. The molecule has 9 aromatic rings. The topological polar surface area (TPSA) is 131 Å². The van der Waals surface area contributed by atoms with Crippen LogP contribution in [0.5, 0.6) is 0 Å². The lowest BCUT2D eigenvalue weighted by Gasteiger charge is -2.13. The molecule has 0 saturated heterocycles. The van der Waals surface area contributed by atoms with Gasteiger partial charge in [-0.25, -0.2) is 4.68 Å². The van der Waals surface area contributed by atoms with E-state index in [0.717, 1.165) is 38.9 Å². The summed E-state index contributed by atoms with van der Waals surface area (Å²) in [6.07, 6.45) is 11.3. The summed E-state index contributed by atoms with van der Waals surface area (Å²) >= 11 is 6.37. The molecule has 0 fully saturated rings. The molecule has 0 aliphatic rings. The summed E-state index contributed by atoms with van der Waals surface area (Å²) in [7, 11) is 0. The number of rotatable bonds is 10. The summed E-state index contributed by atoms with van der Waals surface area (Å²) in [5.74, 6) is -0.863. The van der Waals surface area contributed by atoms with Crippen LogP contribution in [0.2, 0.25) is 5.02 Å². The minimum atomic E-state index is -0.491. The maximum Gasteiger partial charge on any atom is 0.260 e. The van der Waals surface area contributed by atoms with E-state index in [1.54, 1.807) is 59.6 Å². The Bertz CT molecular complexity index is 3330. The molecular weight excluding hydrogens is 782 g/mol. The number of hydrogen-bond acceptors (Lipinski definition) is 6. The fourth-order valence-corrected chi connectivity index (χ4v) is 7.74. The van der Waals surface area contributed by atoms with E-state index in [4.69, 9.17) is 16.7 Å². The summed E-state index contributed by atoms with van der Waals surface area (Å²) < 4.78 is 1.74. The molecule has 0 spiro atoms. The van der Waals surface area contributed by atoms with Crippen LogP contribution >= 0.6 is 11.6 Å². The number of ketones is 2. The summed E-state index contributed by atoms with van der Waals surface area (Å²) in [5.41, 5.74) is 7.62. The molecule has 0 atom stereocenters. The van der Waals surface area contributed by atoms with Crippen LogP contribution in [0, 0.1) is 6.92 Å². The molecule has 10 heteroatoms. The van der Waals surface area contributed by atoms with Crippen molar-refractivity contribution in [3.05, 3.63) is 218 Å². The molecule has 4 aromatic heterocycles. The number of fused-ring (bicyclic) bond motifs is 2. The first-order valence-corrected chi connectivity index (χ1v) is 19.8. The number of pyridine rings is 3. The maximum atomic E-state index is 13.9. The zero-order valence-electron chi connectivity index (χ0n) is 32.6. The molecule has 9 nitrogen and oxygen atoms in total. The lowest BCUT2D eigenvalue weighted by atomic mass is 9.92. The number of carbonyl (C=O) groups is 2. The number of benzene rings is 5. The number of aryl methyl sites for hydroxylation is 1. The van der Waals surface area contributed by atoms with Crippen molar-refractivity contribution in [1.29, 1.82) is 0 Å². The van der Waals surface area contributed by atoms with Crippen LogP contribution in [-0.2, 0) is 0 Å². The van der Waals surface area contributed by atoms with E-state index in [-0.39, 0.29) is 11.1 Å². The van der Waals surface area contributed by atoms with Gasteiger partial charge in [-0.3, -0.25) is 24.2 Å². The van der Waals surface area contributed by atoms with E-state index in [1.165, 1.54) is 12.2 Å². The predicted molar refractivity (Wildman–Crippen MR) is 243 cm³/mol. The van der Waals surface area contributed by atoms with Crippen molar-refractivity contribution in [3.8, 4) is 39.1 Å². The van der Waals surface area contributed by atoms with Gasteiger partial charge < -0.3 is 9.97 Å². The van der Waals surface area contributed by atoms with Gasteiger partial charge in [0.2, 0.25) is 0 Å². The van der Waals surface area contributed by atoms with Crippen LogP contribution in [0.1, 0.15) is 37.5 Å². The fourth-order valence-electron chi connectivity index (χ4n) is 7.57. The molecule has 0 unspecified atom stereocenters. The fraction of sp³-hybridized carbons (Fsp3) is 0.0196. The number of halogens is 1. The molecule has 0 aliphatic heterocycles. The van der Waals surface area contributed by atoms with Gasteiger partial charge in [0.25, 0.3) is 11.1 Å². The first-order chi connectivity index (χ1) is 29.7. The summed E-state index contributed by atoms with van der Waals surface area (Å²) in [4.78, 5) is 64.4. The van der Waals surface area contributed by atoms with Crippen molar-refractivity contribution >= 4 is 57.1 Å². The predicted octanol–water partition coefficient (Wildman–Crippen LogP) is 10.7. The second-order valence-corrected chi connectivity index (χ2v) is 14.9. The molecule has 0 radical (unpaired) electrons. The molecule has 0 amide bonds. The molecule has 2 N–H and O–H groups in total. The second kappa shape index (κ2) is 16.3. The maximum absolute atomic E-state index is 13.9. The monoisotopic (exact) mass is 815 g/mol. The largest absolute Gasteiger partial charge is 0.321 e. The summed E-state index contributed by atoms with van der Waals surface area (Å²) in [6, 6.07) is 41.1. The number of carbonyl (C=O) groups excluding carboxylic acids is 2. The molecular formula is C51H34ClN5O4. The zero-order valence-corrected chi connectivity index (χ0v) is 33.4. The van der Waals surface area contributed by atoms with Crippen LogP contribution in [0.4, 0.5) is 0 Å². The quantitative estimate of drug-likeness (QED) is 0.104. The van der Waals surface area contributed by atoms with Crippen LogP contribution < -0.4 is 11.1 Å². The minimum Gasteiger partial charge on any atom is -0.321 e. The van der Waals surface area contributed by atoms with Crippen LogP contribution in [-0.4, -0.2) is 36.3 Å². The molecule has 0 aliphatic carbocycles. The SMILES string of the molecule is Cc1nn(-c2ccc(-c3ccc4[nH]c(=O)c(C(=O)/C=C/c5ccncc5)c(-c5ccccc5)c4c3)cc2)cc1/C=C/C(=O)c1c(-c2ccccc2)c2cc(Cl)ccc2[nH]c1=O. The number of hydrogen-bond donors (Lipinski definition) is 2. The third-order valence-electron chi connectivity index (χ3n) is 10.6. The number of nitrogens with one attached hydrogen (secondary N) is 2. The Morgan fingerprint density at radius 1 is 0.607 bits per heavy atom. The molecule has 0 saturated carbocycles. The van der Waals surface area contributed by atoms with Gasteiger partial charge in [0.1, 0.15) is 0 Å². The van der Waals surface area contributed by atoms with E-state index in [0.29, 0.717) is 43.8 Å². The average Bonchev–Trinajstić information content (AvgIpc) is 3.67. The van der Waals surface area contributed by atoms with Gasteiger partial charge in [0.05, 0.1) is 22.5 Å². The van der Waals surface area contributed by atoms with Gasteiger partial charge >= 0.3 is 0 Å². The van der Waals surface area contributed by atoms with E-state index < -0.39 is 22.7 Å². The van der Waals surface area contributed by atoms with Crippen molar-refractivity contribution in [2.24, 2.45) is 0 Å². The smallest absolute Gasteiger partial charge is 0.260 e. The highest BCUT2D eigenvalue weighted by Crippen LogP contribution is 2.34. The van der Waals surface area contributed by atoms with E-state index in [9.17, 15) is 19.2 Å². The van der Waals surface area contributed by atoms with Gasteiger partial charge in [0, 0.05) is 62.1 Å². The Morgan fingerprint density at radius 3 is 1.75 bits per heavy atom. The van der Waals surface area contributed by atoms with E-state index in [1.807, 2.05) is 116 Å². The summed E-state index contributed by atoms with van der Waals surface area (Å²) in [5, 5.41) is 6.61. The zero-order chi connectivity index (χ0) is 42.0. The van der Waals surface area contributed by atoms with Crippen molar-refractivity contribution in [2.75, 3.05) is 0 Å². The first kappa shape index (κ1) is 38.5. The second-order valence-electron chi connectivity index (χ2n) is 14.4. The molecule has 294 valence electrons. The van der Waals surface area contributed by atoms with Crippen molar-refractivity contribution in [3.63, 3.8) is 0 Å². The lowest BCUT2D eigenvalue weighted by Crippen LogP contribution is -2.18. The Hall–Kier alpha value is -8.01. The Labute approximate surface area is 354 Å². The Kier molecular flexibility index (Phi) is 10.3. The molecule has 5 aromatic carbocycles. The standard InChI is InChI=1S/C51H34ClN5O4/c1-31-37(16-23-45(59)49-47(35-10-6-3-7-11-35)41-29-38(52)17-21-43(41)55-51(49)61)30-57(56-31)39-18-13-33(14-19-39)36-15-20-42-40(28-36)46(34-8-4-2-5-9-34)48(50(60)54-42)44(58)22-12-32-24-26-53-27-25-32/h2-30H,1H3,(H,54,60)(H,55,61)/b22-12+,23-16+. The van der Waals surface area contributed by atoms with Gasteiger partial charge in [-0.2, -0.15) is 5.10 Å². The van der Waals surface area contributed by atoms with E-state index in [2.05, 4.69) is 15.0 Å². The first-order valence-electron chi connectivity index (χ1n) is 19.4. The van der Waals surface area contributed by atoms with Gasteiger partial charge in [-0.05, 0) is 108 Å². The molecule has 9 rings (SSSR count). The number of H-pyrrole nitrogens is 2. The third kappa shape index (κ3) is 7.69. The summed E-state index contributed by atoms with van der Waals surface area (Å²) in [6.45, 7) is 1.85. The Balaban J connectivity index is 1.03. The number of nitrogens with zero attached hydrogens (tertiary/aromatic N) is 3. The van der Waals surface area contributed by atoms with Crippen LogP contribution in [0.15, 0.2) is 174 Å². The average molecular weight is 816 g/mol. The molecule has 61 heavy (non-hydrogen) atoms. The molecule has 0 bridgehead atoms. The highest BCUT2D eigenvalue weighted by atomic mass is 35.5. The van der Waals surface area contributed by atoms with Gasteiger partial charge in [0.15, 0.2) is 11.6 Å². The van der Waals surface area contributed by atoms with Crippen molar-refractivity contribution < 1.29 is 9.59 Å². The van der Waals surface area contributed by atoms with Crippen LogP contribution in [0.3, 0.4) is 0 Å².